The SMILES string of the molecule is Cc1c(Cl)cnc(NC(=O)COC(=O)COc2ccc(Cl)cc2Cl)c1Cl. The summed E-state index contributed by atoms with van der Waals surface area (Å²) in [6.07, 6.45) is 1.36. The molecular weight excluding hydrogens is 426 g/mol. The van der Waals surface area contributed by atoms with Gasteiger partial charge in [0.25, 0.3) is 5.91 Å². The predicted octanol–water partition coefficient (Wildman–Crippen LogP) is 4.56. The highest BCUT2D eigenvalue weighted by Gasteiger charge is 2.14. The Labute approximate surface area is 169 Å². The number of aromatic nitrogens is 1. The van der Waals surface area contributed by atoms with Crippen LogP contribution < -0.4 is 10.1 Å². The van der Waals surface area contributed by atoms with E-state index in [4.69, 9.17) is 55.9 Å². The van der Waals surface area contributed by atoms with E-state index in [2.05, 4.69) is 10.3 Å². The zero-order chi connectivity index (χ0) is 19.3. The number of rotatable bonds is 6. The van der Waals surface area contributed by atoms with Crippen molar-refractivity contribution >= 4 is 64.1 Å². The van der Waals surface area contributed by atoms with Gasteiger partial charge in [-0.15, -0.1) is 0 Å². The molecule has 2 aromatic rings. The minimum Gasteiger partial charge on any atom is -0.480 e. The first kappa shape index (κ1) is 20.6. The summed E-state index contributed by atoms with van der Waals surface area (Å²) in [5.41, 5.74) is 0.573. The molecule has 6 nitrogen and oxygen atoms in total. The Kier molecular flexibility index (Phi) is 7.34. The fraction of sp³-hybridized carbons (Fsp3) is 0.188. The van der Waals surface area contributed by atoms with Gasteiger partial charge in [-0.1, -0.05) is 46.4 Å². The number of carbonyl (C=O) groups excluding carboxylic acids is 2. The summed E-state index contributed by atoms with van der Waals surface area (Å²) in [6.45, 7) is 0.727. The molecule has 0 bridgehead atoms. The topological polar surface area (TPSA) is 77.5 Å². The van der Waals surface area contributed by atoms with E-state index in [1.54, 1.807) is 13.0 Å². The van der Waals surface area contributed by atoms with E-state index < -0.39 is 25.1 Å². The molecule has 138 valence electrons. The highest BCUT2D eigenvalue weighted by Crippen LogP contribution is 2.29. The van der Waals surface area contributed by atoms with Crippen molar-refractivity contribution in [2.45, 2.75) is 6.92 Å². The van der Waals surface area contributed by atoms with Gasteiger partial charge in [-0.2, -0.15) is 0 Å². The van der Waals surface area contributed by atoms with Crippen LogP contribution in [0.2, 0.25) is 20.1 Å². The van der Waals surface area contributed by atoms with Crippen LogP contribution in [0, 0.1) is 6.92 Å². The normalized spacial score (nSPS) is 10.3. The number of anilines is 1. The molecule has 0 atom stereocenters. The van der Waals surface area contributed by atoms with E-state index in [9.17, 15) is 9.59 Å². The summed E-state index contributed by atoms with van der Waals surface area (Å²) >= 11 is 23.6. The smallest absolute Gasteiger partial charge is 0.344 e. The van der Waals surface area contributed by atoms with Gasteiger partial charge in [0.15, 0.2) is 19.0 Å². The highest BCUT2D eigenvalue weighted by molar-refractivity contribution is 6.37. The number of pyridine rings is 1. The van der Waals surface area contributed by atoms with E-state index in [-0.39, 0.29) is 21.6 Å². The summed E-state index contributed by atoms with van der Waals surface area (Å²) in [6, 6.07) is 4.55. The van der Waals surface area contributed by atoms with Crippen LogP contribution in [0.5, 0.6) is 5.75 Å². The first-order valence-electron chi connectivity index (χ1n) is 7.12. The number of benzene rings is 1. The van der Waals surface area contributed by atoms with Crippen molar-refractivity contribution in [1.82, 2.24) is 4.98 Å². The molecule has 1 heterocycles. The van der Waals surface area contributed by atoms with Gasteiger partial charge < -0.3 is 14.8 Å². The third-order valence-electron chi connectivity index (χ3n) is 3.06. The molecule has 0 saturated carbocycles. The second kappa shape index (κ2) is 9.28. The molecule has 0 aliphatic heterocycles. The van der Waals surface area contributed by atoms with Crippen LogP contribution in [-0.2, 0) is 14.3 Å². The molecule has 0 aliphatic rings. The van der Waals surface area contributed by atoms with Gasteiger partial charge in [-0.25, -0.2) is 9.78 Å². The third kappa shape index (κ3) is 5.64. The van der Waals surface area contributed by atoms with Crippen molar-refractivity contribution in [3.8, 4) is 5.75 Å². The van der Waals surface area contributed by atoms with Gasteiger partial charge in [0, 0.05) is 11.2 Å². The number of halogens is 4. The quantitative estimate of drug-likeness (QED) is 0.670. The van der Waals surface area contributed by atoms with Crippen molar-refractivity contribution in [2.75, 3.05) is 18.5 Å². The number of hydrogen-bond donors (Lipinski definition) is 1. The van der Waals surface area contributed by atoms with E-state index in [1.807, 2.05) is 0 Å². The molecule has 0 fully saturated rings. The van der Waals surface area contributed by atoms with Gasteiger partial charge in [0.05, 0.1) is 15.1 Å². The Morgan fingerprint density at radius 1 is 1.12 bits per heavy atom. The standard InChI is InChI=1S/C16H12Cl4N2O4/c1-8-11(19)5-21-16(15(8)20)22-13(23)6-26-14(24)7-25-12-3-2-9(17)4-10(12)18/h2-5H,6-7H2,1H3,(H,21,22,23). The van der Waals surface area contributed by atoms with Crippen molar-refractivity contribution in [1.29, 1.82) is 0 Å². The number of hydrogen-bond acceptors (Lipinski definition) is 5. The maximum absolute atomic E-state index is 11.8. The molecule has 0 radical (unpaired) electrons. The van der Waals surface area contributed by atoms with Crippen LogP contribution in [0.4, 0.5) is 5.82 Å². The molecule has 1 amide bonds. The Balaban J connectivity index is 1.82. The van der Waals surface area contributed by atoms with Crippen molar-refractivity contribution in [2.24, 2.45) is 0 Å². The fourth-order valence-corrected chi connectivity index (χ4v) is 2.58. The molecule has 1 aromatic carbocycles. The Morgan fingerprint density at radius 2 is 1.85 bits per heavy atom. The lowest BCUT2D eigenvalue weighted by Gasteiger charge is -2.10. The summed E-state index contributed by atoms with van der Waals surface area (Å²) < 4.78 is 10.0. The average Bonchev–Trinajstić information content (AvgIpc) is 2.59. The molecule has 0 unspecified atom stereocenters. The van der Waals surface area contributed by atoms with Gasteiger partial charge in [-0.05, 0) is 30.7 Å². The van der Waals surface area contributed by atoms with Crippen molar-refractivity contribution in [3.05, 3.63) is 50.0 Å². The number of carbonyl (C=O) groups is 2. The number of ether oxygens (including phenoxy) is 2. The van der Waals surface area contributed by atoms with Crippen LogP contribution in [0.25, 0.3) is 0 Å². The Hall–Kier alpha value is -1.73. The highest BCUT2D eigenvalue weighted by atomic mass is 35.5. The van der Waals surface area contributed by atoms with E-state index in [1.165, 1.54) is 18.3 Å². The van der Waals surface area contributed by atoms with Crippen LogP contribution >= 0.6 is 46.4 Å². The van der Waals surface area contributed by atoms with Crippen molar-refractivity contribution in [3.63, 3.8) is 0 Å². The van der Waals surface area contributed by atoms with E-state index >= 15 is 0 Å². The number of nitrogens with one attached hydrogen (secondary N) is 1. The molecule has 2 rings (SSSR count). The molecule has 0 saturated heterocycles. The lowest BCUT2D eigenvalue weighted by atomic mass is 10.3. The van der Waals surface area contributed by atoms with E-state index in [0.717, 1.165) is 0 Å². The lowest BCUT2D eigenvalue weighted by molar-refractivity contribution is -0.149. The minimum atomic E-state index is -0.752. The summed E-state index contributed by atoms with van der Waals surface area (Å²) in [5.74, 6) is -0.972. The van der Waals surface area contributed by atoms with Gasteiger partial charge >= 0.3 is 5.97 Å². The first-order chi connectivity index (χ1) is 12.3. The molecule has 0 aliphatic carbocycles. The second-order valence-corrected chi connectivity index (χ2v) is 6.59. The van der Waals surface area contributed by atoms with Gasteiger partial charge in [0.1, 0.15) is 5.75 Å². The molecule has 10 heteroatoms. The average molecular weight is 438 g/mol. The van der Waals surface area contributed by atoms with Crippen LogP contribution in [0.1, 0.15) is 5.56 Å². The second-order valence-electron chi connectivity index (χ2n) is 4.97. The number of esters is 1. The maximum Gasteiger partial charge on any atom is 0.344 e. The Bertz CT molecular complexity index is 845. The molecule has 26 heavy (non-hydrogen) atoms. The van der Waals surface area contributed by atoms with Crippen LogP contribution in [0.3, 0.4) is 0 Å². The zero-order valence-corrected chi connectivity index (χ0v) is 16.3. The van der Waals surface area contributed by atoms with Gasteiger partial charge in [0.2, 0.25) is 0 Å². The van der Waals surface area contributed by atoms with E-state index in [0.29, 0.717) is 15.6 Å². The summed E-state index contributed by atoms with van der Waals surface area (Å²) in [4.78, 5) is 27.4. The number of amides is 1. The lowest BCUT2D eigenvalue weighted by Crippen LogP contribution is -2.24. The zero-order valence-electron chi connectivity index (χ0n) is 13.3. The largest absolute Gasteiger partial charge is 0.480 e. The van der Waals surface area contributed by atoms with Crippen LogP contribution in [0.15, 0.2) is 24.4 Å². The minimum absolute atomic E-state index is 0.124. The monoisotopic (exact) mass is 436 g/mol. The maximum atomic E-state index is 11.8. The predicted molar refractivity (Wildman–Crippen MR) is 101 cm³/mol. The van der Waals surface area contributed by atoms with Crippen LogP contribution in [-0.4, -0.2) is 30.1 Å². The number of nitrogens with zero attached hydrogens (tertiary/aromatic N) is 1. The molecule has 0 spiro atoms. The Morgan fingerprint density at radius 3 is 2.54 bits per heavy atom. The molecule has 1 aromatic heterocycles. The summed E-state index contributed by atoms with van der Waals surface area (Å²) in [7, 11) is 0. The first-order valence-corrected chi connectivity index (χ1v) is 8.63. The van der Waals surface area contributed by atoms with Gasteiger partial charge in [-0.3, -0.25) is 4.79 Å². The van der Waals surface area contributed by atoms with Crippen molar-refractivity contribution < 1.29 is 19.1 Å². The summed E-state index contributed by atoms with van der Waals surface area (Å²) in [5, 5.41) is 3.70. The molecular formula is C16H12Cl4N2O4. The fourth-order valence-electron chi connectivity index (χ4n) is 1.73. The third-order valence-corrected chi connectivity index (χ3v) is 4.44. The molecule has 1 N–H and O–H groups in total.